The lowest BCUT2D eigenvalue weighted by Crippen LogP contribution is -2.04. The molecule has 0 amide bonds. The van der Waals surface area contributed by atoms with Crippen molar-refractivity contribution in [3.05, 3.63) is 29.3 Å². The maximum absolute atomic E-state index is 8.81. The number of methoxy groups -OCH3 is 1. The molecule has 0 radical (unpaired) electrons. The van der Waals surface area contributed by atoms with E-state index >= 15 is 0 Å². The van der Waals surface area contributed by atoms with E-state index in [1.807, 2.05) is 12.1 Å². The van der Waals surface area contributed by atoms with Crippen LogP contribution >= 0.6 is 0 Å². The van der Waals surface area contributed by atoms with Gasteiger partial charge in [-0.05, 0) is 30.7 Å². The summed E-state index contributed by atoms with van der Waals surface area (Å²) in [6.07, 6.45) is 0.855. The number of nitrogens with zero attached hydrogens (tertiary/aromatic N) is 1. The number of hydrogen-bond acceptors (Lipinski definition) is 4. The van der Waals surface area contributed by atoms with Crippen molar-refractivity contribution in [3.8, 4) is 11.8 Å². The zero-order valence-corrected chi connectivity index (χ0v) is 9.40. The van der Waals surface area contributed by atoms with Crippen LogP contribution in [-0.2, 0) is 11.3 Å². The SMILES string of the molecule is COc1cc(COCCCN)ccc1C#N. The smallest absolute Gasteiger partial charge is 0.136 e. The normalized spacial score (nSPS) is 9.81. The van der Waals surface area contributed by atoms with Gasteiger partial charge in [0.05, 0.1) is 19.3 Å². The second kappa shape index (κ2) is 6.83. The van der Waals surface area contributed by atoms with Crippen LogP contribution in [-0.4, -0.2) is 20.3 Å². The minimum Gasteiger partial charge on any atom is -0.495 e. The van der Waals surface area contributed by atoms with Gasteiger partial charge in [-0.25, -0.2) is 0 Å². The van der Waals surface area contributed by atoms with E-state index in [-0.39, 0.29) is 0 Å². The Labute approximate surface area is 95.6 Å². The fraction of sp³-hybridized carbons (Fsp3) is 0.417. The summed E-state index contributed by atoms with van der Waals surface area (Å²) < 4.78 is 10.5. The molecule has 1 aromatic rings. The first kappa shape index (κ1) is 12.5. The molecule has 1 aromatic carbocycles. The molecule has 16 heavy (non-hydrogen) atoms. The van der Waals surface area contributed by atoms with E-state index in [2.05, 4.69) is 6.07 Å². The summed E-state index contributed by atoms with van der Waals surface area (Å²) in [6, 6.07) is 7.49. The Morgan fingerprint density at radius 3 is 2.88 bits per heavy atom. The highest BCUT2D eigenvalue weighted by Gasteiger charge is 2.03. The molecular weight excluding hydrogens is 204 g/mol. The molecule has 0 aliphatic rings. The zero-order chi connectivity index (χ0) is 11.8. The average molecular weight is 220 g/mol. The predicted octanol–water partition coefficient (Wildman–Crippen LogP) is 1.43. The highest BCUT2D eigenvalue weighted by atomic mass is 16.5. The molecule has 0 atom stereocenters. The molecule has 0 bridgehead atoms. The molecule has 1 rings (SSSR count). The minimum absolute atomic E-state index is 0.516. The van der Waals surface area contributed by atoms with E-state index in [0.717, 1.165) is 12.0 Å². The summed E-state index contributed by atoms with van der Waals surface area (Å²) in [5, 5.41) is 8.81. The third-order valence-corrected chi connectivity index (χ3v) is 2.15. The first-order valence-corrected chi connectivity index (χ1v) is 5.16. The van der Waals surface area contributed by atoms with Crippen molar-refractivity contribution >= 4 is 0 Å². The molecule has 0 fully saturated rings. The van der Waals surface area contributed by atoms with Crippen molar-refractivity contribution in [2.45, 2.75) is 13.0 Å². The molecule has 86 valence electrons. The summed E-state index contributed by atoms with van der Waals surface area (Å²) in [5.74, 6) is 0.586. The summed E-state index contributed by atoms with van der Waals surface area (Å²) >= 11 is 0. The Bertz CT molecular complexity index is 372. The number of rotatable bonds is 6. The summed E-state index contributed by atoms with van der Waals surface area (Å²) in [4.78, 5) is 0. The fourth-order valence-corrected chi connectivity index (χ4v) is 1.29. The van der Waals surface area contributed by atoms with Crippen molar-refractivity contribution in [1.29, 1.82) is 5.26 Å². The lowest BCUT2D eigenvalue weighted by atomic mass is 10.1. The van der Waals surface area contributed by atoms with Gasteiger partial charge in [0.25, 0.3) is 0 Å². The molecule has 0 aliphatic carbocycles. The van der Waals surface area contributed by atoms with Gasteiger partial charge >= 0.3 is 0 Å². The fourth-order valence-electron chi connectivity index (χ4n) is 1.29. The number of nitriles is 1. The number of hydrogen-bond donors (Lipinski definition) is 1. The molecule has 0 saturated heterocycles. The number of nitrogens with two attached hydrogens (primary N) is 1. The molecule has 0 unspecified atom stereocenters. The van der Waals surface area contributed by atoms with Crippen LogP contribution in [0.3, 0.4) is 0 Å². The van der Waals surface area contributed by atoms with Crippen molar-refractivity contribution in [3.63, 3.8) is 0 Å². The van der Waals surface area contributed by atoms with Gasteiger partial charge in [-0.15, -0.1) is 0 Å². The molecular formula is C12H16N2O2. The van der Waals surface area contributed by atoms with Crippen LogP contribution in [0.15, 0.2) is 18.2 Å². The molecule has 0 aromatic heterocycles. The second-order valence-electron chi connectivity index (χ2n) is 3.34. The molecule has 4 heteroatoms. The Kier molecular flexibility index (Phi) is 5.34. The van der Waals surface area contributed by atoms with Crippen molar-refractivity contribution in [2.75, 3.05) is 20.3 Å². The largest absolute Gasteiger partial charge is 0.495 e. The van der Waals surface area contributed by atoms with Gasteiger partial charge in [0.15, 0.2) is 0 Å². The Balaban J connectivity index is 2.58. The van der Waals surface area contributed by atoms with E-state index in [0.29, 0.717) is 31.1 Å². The van der Waals surface area contributed by atoms with E-state index in [4.69, 9.17) is 20.5 Å². The van der Waals surface area contributed by atoms with E-state index in [1.54, 1.807) is 13.2 Å². The van der Waals surface area contributed by atoms with Gasteiger partial charge in [-0.1, -0.05) is 6.07 Å². The Morgan fingerprint density at radius 1 is 1.44 bits per heavy atom. The first-order valence-electron chi connectivity index (χ1n) is 5.16. The summed E-state index contributed by atoms with van der Waals surface area (Å²) in [5.41, 5.74) is 6.88. The topological polar surface area (TPSA) is 68.3 Å². The minimum atomic E-state index is 0.516. The third-order valence-electron chi connectivity index (χ3n) is 2.15. The lowest BCUT2D eigenvalue weighted by Gasteiger charge is -2.07. The first-order chi connectivity index (χ1) is 7.81. The Hall–Kier alpha value is -1.57. The van der Waals surface area contributed by atoms with Crippen LogP contribution < -0.4 is 10.5 Å². The average Bonchev–Trinajstić information content (AvgIpc) is 2.34. The van der Waals surface area contributed by atoms with Gasteiger partial charge in [0.1, 0.15) is 11.8 Å². The highest BCUT2D eigenvalue weighted by molar-refractivity contribution is 5.45. The maximum atomic E-state index is 8.81. The van der Waals surface area contributed by atoms with Gasteiger partial charge in [-0.2, -0.15) is 5.26 Å². The lowest BCUT2D eigenvalue weighted by molar-refractivity contribution is 0.120. The maximum Gasteiger partial charge on any atom is 0.136 e. The molecule has 0 saturated carbocycles. The van der Waals surface area contributed by atoms with E-state index in [9.17, 15) is 0 Å². The van der Waals surface area contributed by atoms with Gasteiger partial charge in [0.2, 0.25) is 0 Å². The molecule has 4 nitrogen and oxygen atoms in total. The van der Waals surface area contributed by atoms with E-state index in [1.165, 1.54) is 0 Å². The quantitative estimate of drug-likeness (QED) is 0.736. The van der Waals surface area contributed by atoms with Gasteiger partial charge in [-0.3, -0.25) is 0 Å². The molecule has 0 aliphatic heterocycles. The monoisotopic (exact) mass is 220 g/mol. The zero-order valence-electron chi connectivity index (χ0n) is 9.40. The third kappa shape index (κ3) is 3.54. The summed E-state index contributed by atoms with van der Waals surface area (Å²) in [6.45, 7) is 1.80. The van der Waals surface area contributed by atoms with Crippen molar-refractivity contribution in [1.82, 2.24) is 0 Å². The van der Waals surface area contributed by atoms with Crippen LogP contribution in [0.25, 0.3) is 0 Å². The highest BCUT2D eigenvalue weighted by Crippen LogP contribution is 2.19. The molecule has 0 heterocycles. The summed E-state index contributed by atoms with van der Waals surface area (Å²) in [7, 11) is 1.55. The van der Waals surface area contributed by atoms with Crippen molar-refractivity contribution in [2.24, 2.45) is 5.73 Å². The van der Waals surface area contributed by atoms with Crippen LogP contribution in [0.1, 0.15) is 17.5 Å². The Morgan fingerprint density at radius 2 is 2.25 bits per heavy atom. The van der Waals surface area contributed by atoms with Crippen LogP contribution in [0.2, 0.25) is 0 Å². The predicted molar refractivity (Wildman–Crippen MR) is 61.0 cm³/mol. The van der Waals surface area contributed by atoms with Crippen LogP contribution in [0.5, 0.6) is 5.75 Å². The number of benzene rings is 1. The van der Waals surface area contributed by atoms with Gasteiger partial charge < -0.3 is 15.2 Å². The van der Waals surface area contributed by atoms with Crippen LogP contribution in [0, 0.1) is 11.3 Å². The van der Waals surface area contributed by atoms with Gasteiger partial charge in [0, 0.05) is 6.61 Å². The molecule has 2 N–H and O–H groups in total. The van der Waals surface area contributed by atoms with Crippen LogP contribution in [0.4, 0.5) is 0 Å². The molecule has 0 spiro atoms. The second-order valence-corrected chi connectivity index (χ2v) is 3.34. The number of ether oxygens (including phenoxy) is 2. The standard InChI is InChI=1S/C12H16N2O2/c1-15-12-7-10(3-4-11(12)8-14)9-16-6-2-5-13/h3-4,7H,2,5-6,9,13H2,1H3. The van der Waals surface area contributed by atoms with E-state index < -0.39 is 0 Å². The van der Waals surface area contributed by atoms with Crippen molar-refractivity contribution < 1.29 is 9.47 Å².